The van der Waals surface area contributed by atoms with Gasteiger partial charge in [-0.15, -0.1) is 0 Å². The minimum Gasteiger partial charge on any atom is -0.381 e. The first-order chi connectivity index (χ1) is 20.6. The predicted molar refractivity (Wildman–Crippen MR) is 158 cm³/mol. The Morgan fingerprint density at radius 2 is 2.05 bits per heavy atom. The van der Waals surface area contributed by atoms with E-state index in [1.54, 1.807) is 6.92 Å². The van der Waals surface area contributed by atoms with Gasteiger partial charge in [0.15, 0.2) is 0 Å². The molecule has 0 saturated carbocycles. The number of benzene rings is 2. The fourth-order valence-electron chi connectivity index (χ4n) is 5.06. The van der Waals surface area contributed by atoms with Gasteiger partial charge in [-0.2, -0.15) is 8.42 Å². The molecule has 1 saturated heterocycles. The number of anilines is 2. The molecule has 2 aromatic carbocycles. The van der Waals surface area contributed by atoms with Gasteiger partial charge in [-0.3, -0.25) is 14.2 Å². The van der Waals surface area contributed by atoms with Gasteiger partial charge in [0.2, 0.25) is 5.95 Å². The average molecular weight is 630 g/mol. The van der Waals surface area contributed by atoms with Crippen LogP contribution in [0, 0.1) is 12.7 Å². The molecule has 0 aliphatic carbocycles. The molecule has 0 radical (unpaired) electrons. The third-order valence-corrected chi connectivity index (χ3v) is 8.21. The van der Waals surface area contributed by atoms with Crippen molar-refractivity contribution in [1.82, 2.24) is 19.9 Å². The van der Waals surface area contributed by atoms with Gasteiger partial charge < -0.3 is 20.8 Å². The van der Waals surface area contributed by atoms with Gasteiger partial charge in [0.05, 0.1) is 29.9 Å². The molecule has 1 atom stereocenters. The number of amides is 1. The van der Waals surface area contributed by atoms with E-state index in [9.17, 15) is 22.2 Å². The highest BCUT2D eigenvalue weighted by atomic mass is 35.5. The van der Waals surface area contributed by atoms with Crippen molar-refractivity contribution >= 4 is 39.3 Å². The molecule has 3 heterocycles. The highest BCUT2D eigenvalue weighted by molar-refractivity contribution is 7.86. The molecule has 1 amide bonds. The summed E-state index contributed by atoms with van der Waals surface area (Å²) in [6.45, 7) is 2.61. The van der Waals surface area contributed by atoms with Crippen molar-refractivity contribution in [1.29, 1.82) is 0 Å². The zero-order valence-electron chi connectivity index (χ0n) is 23.0. The van der Waals surface area contributed by atoms with Crippen LogP contribution >= 0.6 is 11.6 Å². The number of rotatable bonds is 9. The number of carbonyl (C=O) groups is 1. The summed E-state index contributed by atoms with van der Waals surface area (Å²) < 4.78 is 56.8. The molecule has 43 heavy (non-hydrogen) atoms. The van der Waals surface area contributed by atoms with Crippen molar-refractivity contribution in [3.8, 4) is 11.3 Å². The van der Waals surface area contributed by atoms with Crippen molar-refractivity contribution in [2.75, 3.05) is 30.0 Å². The van der Waals surface area contributed by atoms with E-state index in [0.717, 1.165) is 29.9 Å². The summed E-state index contributed by atoms with van der Waals surface area (Å²) in [6.07, 6.45) is 5.55. The molecule has 4 aromatic rings. The first kappa shape index (κ1) is 30.5. The Morgan fingerprint density at radius 3 is 2.70 bits per heavy atom. The van der Waals surface area contributed by atoms with Crippen LogP contribution in [0.25, 0.3) is 11.3 Å². The highest BCUT2D eigenvalue weighted by Gasteiger charge is 2.35. The van der Waals surface area contributed by atoms with Crippen molar-refractivity contribution in [3.63, 3.8) is 0 Å². The standard InChI is InChI=1S/C28H29ClFN7O5S/c1-16-13-33-28(35-20-5-7-42-8-6-20)36-25(16)21-3-2-4-23(26(21)43(39,40)41)37(27(38)22-14-32-15-34-22)24(12-31)17-9-18(29)11-19(30)10-17/h2-4,9-11,13-15,20,24H,5-8,12,31H2,1H3,(H,32,34)(H,33,35,36)(H,39,40,41). The lowest BCUT2D eigenvalue weighted by Gasteiger charge is -2.33. The van der Waals surface area contributed by atoms with Gasteiger partial charge in [0.25, 0.3) is 16.0 Å². The summed E-state index contributed by atoms with van der Waals surface area (Å²) in [5.74, 6) is -1.16. The Kier molecular flexibility index (Phi) is 9.03. The predicted octanol–water partition coefficient (Wildman–Crippen LogP) is 4.15. The van der Waals surface area contributed by atoms with E-state index in [-0.39, 0.29) is 51.8 Å². The maximum Gasteiger partial charge on any atom is 0.297 e. The molecule has 15 heteroatoms. The smallest absolute Gasteiger partial charge is 0.297 e. The minimum atomic E-state index is -5.01. The maximum absolute atomic E-state index is 14.5. The number of carbonyl (C=O) groups excluding carboxylic acids is 1. The molecule has 5 N–H and O–H groups in total. The lowest BCUT2D eigenvalue weighted by molar-refractivity contribution is 0.0903. The van der Waals surface area contributed by atoms with Crippen LogP contribution in [0.1, 0.15) is 40.5 Å². The Hall–Kier alpha value is -3.95. The fourth-order valence-corrected chi connectivity index (χ4v) is 6.16. The van der Waals surface area contributed by atoms with Crippen LogP contribution in [0.4, 0.5) is 16.0 Å². The number of halogens is 2. The van der Waals surface area contributed by atoms with Gasteiger partial charge in [0, 0.05) is 42.6 Å². The number of H-pyrrole nitrogens is 1. The molecule has 2 aromatic heterocycles. The van der Waals surface area contributed by atoms with Crippen LogP contribution in [-0.2, 0) is 14.9 Å². The molecule has 12 nitrogen and oxygen atoms in total. The zero-order chi connectivity index (χ0) is 30.7. The second-order valence-electron chi connectivity index (χ2n) is 9.98. The van der Waals surface area contributed by atoms with E-state index in [1.165, 1.54) is 43.0 Å². The van der Waals surface area contributed by atoms with Crippen LogP contribution in [-0.4, -0.2) is 64.6 Å². The van der Waals surface area contributed by atoms with Crippen LogP contribution in [0.3, 0.4) is 0 Å². The molecule has 5 rings (SSSR count). The van der Waals surface area contributed by atoms with Gasteiger partial charge in [-0.1, -0.05) is 23.7 Å². The summed E-state index contributed by atoms with van der Waals surface area (Å²) in [7, 11) is -5.01. The third-order valence-electron chi connectivity index (χ3n) is 7.05. The third kappa shape index (κ3) is 6.68. The van der Waals surface area contributed by atoms with Gasteiger partial charge in [-0.05, 0) is 55.2 Å². The fraction of sp³-hybridized carbons (Fsp3) is 0.286. The van der Waals surface area contributed by atoms with Crippen molar-refractivity contribution in [3.05, 3.63) is 82.8 Å². The number of hydrogen-bond acceptors (Lipinski definition) is 9. The highest BCUT2D eigenvalue weighted by Crippen LogP contribution is 2.40. The van der Waals surface area contributed by atoms with E-state index in [2.05, 4.69) is 25.3 Å². The van der Waals surface area contributed by atoms with Crippen LogP contribution in [0.5, 0.6) is 0 Å². The zero-order valence-corrected chi connectivity index (χ0v) is 24.6. The van der Waals surface area contributed by atoms with Crippen LogP contribution in [0.2, 0.25) is 5.02 Å². The van der Waals surface area contributed by atoms with E-state index in [4.69, 9.17) is 22.1 Å². The molecule has 226 valence electrons. The molecule has 1 unspecified atom stereocenters. The monoisotopic (exact) mass is 629 g/mol. The number of nitrogens with zero attached hydrogens (tertiary/aromatic N) is 4. The summed E-state index contributed by atoms with van der Waals surface area (Å²) >= 11 is 6.13. The van der Waals surface area contributed by atoms with E-state index in [0.29, 0.717) is 18.8 Å². The Labute approximate surface area is 252 Å². The Bertz CT molecular complexity index is 1710. The normalized spacial score (nSPS) is 14.8. The Morgan fingerprint density at radius 1 is 1.28 bits per heavy atom. The molecule has 1 aliphatic heterocycles. The summed E-state index contributed by atoms with van der Waals surface area (Å²) in [5, 5.41) is 3.30. The quantitative estimate of drug-likeness (QED) is 0.197. The van der Waals surface area contributed by atoms with Crippen molar-refractivity contribution in [2.45, 2.75) is 36.7 Å². The minimum absolute atomic E-state index is 0.00574. The van der Waals surface area contributed by atoms with Gasteiger partial charge >= 0.3 is 0 Å². The lowest BCUT2D eigenvalue weighted by atomic mass is 10.0. The van der Waals surface area contributed by atoms with Gasteiger partial charge in [-0.25, -0.2) is 19.3 Å². The summed E-state index contributed by atoms with van der Waals surface area (Å²) in [4.78, 5) is 30.0. The van der Waals surface area contributed by atoms with Crippen molar-refractivity contribution in [2.24, 2.45) is 5.73 Å². The van der Waals surface area contributed by atoms with E-state index < -0.39 is 32.8 Å². The summed E-state index contributed by atoms with van der Waals surface area (Å²) in [5.41, 5.74) is 6.87. The van der Waals surface area contributed by atoms with Crippen LogP contribution in [0.15, 0.2) is 60.0 Å². The topological polar surface area (TPSA) is 176 Å². The molecule has 0 spiro atoms. The number of hydrogen-bond donors (Lipinski definition) is 4. The number of nitrogens with one attached hydrogen (secondary N) is 2. The first-order valence-corrected chi connectivity index (χ1v) is 15.2. The van der Waals surface area contributed by atoms with E-state index in [1.807, 2.05) is 0 Å². The number of aromatic amines is 1. The number of imidazole rings is 1. The SMILES string of the molecule is Cc1cnc(NC2CCOCC2)nc1-c1cccc(N(C(=O)c2cnc[nH]2)C(CN)c2cc(F)cc(Cl)c2)c1S(=O)(=O)O. The number of ether oxygens (including phenoxy) is 1. The van der Waals surface area contributed by atoms with Crippen LogP contribution < -0.4 is 16.0 Å². The molecule has 0 bridgehead atoms. The first-order valence-electron chi connectivity index (χ1n) is 13.3. The van der Waals surface area contributed by atoms with E-state index >= 15 is 0 Å². The van der Waals surface area contributed by atoms with Crippen molar-refractivity contribution < 1.29 is 26.9 Å². The number of aryl methyl sites for hydroxylation is 1. The number of nitrogens with two attached hydrogens (primary N) is 1. The lowest BCUT2D eigenvalue weighted by Crippen LogP contribution is -2.40. The number of aromatic nitrogens is 4. The summed E-state index contributed by atoms with van der Waals surface area (Å²) in [6, 6.07) is 6.95. The van der Waals surface area contributed by atoms with Gasteiger partial charge in [0.1, 0.15) is 16.4 Å². The second-order valence-corrected chi connectivity index (χ2v) is 11.8. The molecular formula is C28H29ClFN7O5S. The largest absolute Gasteiger partial charge is 0.381 e. The average Bonchev–Trinajstić information content (AvgIpc) is 3.51. The second kappa shape index (κ2) is 12.7. The molecular weight excluding hydrogens is 601 g/mol. The molecule has 1 aliphatic rings. The molecule has 1 fully saturated rings. The maximum atomic E-state index is 14.5. The Balaban J connectivity index is 1.71.